The van der Waals surface area contributed by atoms with Crippen LogP contribution in [0.5, 0.6) is 11.5 Å². The van der Waals surface area contributed by atoms with E-state index in [4.69, 9.17) is 9.47 Å². The summed E-state index contributed by atoms with van der Waals surface area (Å²) >= 11 is 1.37. The van der Waals surface area contributed by atoms with Crippen LogP contribution in [0, 0.1) is 0 Å². The lowest BCUT2D eigenvalue weighted by molar-refractivity contribution is 0.0693. The van der Waals surface area contributed by atoms with E-state index in [1.807, 2.05) is 56.6 Å². The van der Waals surface area contributed by atoms with Crippen molar-refractivity contribution in [3.63, 3.8) is 0 Å². The van der Waals surface area contributed by atoms with E-state index in [1.165, 1.54) is 11.8 Å². The fourth-order valence-electron chi connectivity index (χ4n) is 2.96. The number of aromatic carboxylic acids is 1. The summed E-state index contributed by atoms with van der Waals surface area (Å²) in [5.74, 6) is 1.43. The van der Waals surface area contributed by atoms with Crippen LogP contribution in [-0.2, 0) is 12.3 Å². The summed E-state index contributed by atoms with van der Waals surface area (Å²) in [4.78, 5) is 22.8. The molecular weight excluding hydrogens is 428 g/mol. The number of carboxylic acid groups (broad SMARTS) is 1. The molecule has 0 atom stereocenters. The molecule has 2 N–H and O–H groups in total. The molecule has 0 aliphatic rings. The minimum Gasteiger partial charge on any atom is -0.493 e. The molecule has 3 rings (SSSR count). The number of methoxy groups -OCH3 is 2. The van der Waals surface area contributed by atoms with Crippen LogP contribution in [0.1, 0.15) is 21.5 Å². The highest BCUT2D eigenvalue weighted by molar-refractivity contribution is 7.98. The van der Waals surface area contributed by atoms with Crippen LogP contribution in [0.15, 0.2) is 53.6 Å². The van der Waals surface area contributed by atoms with Crippen LogP contribution in [-0.4, -0.2) is 49.4 Å². The van der Waals surface area contributed by atoms with Gasteiger partial charge >= 0.3 is 5.97 Å². The van der Waals surface area contributed by atoms with E-state index in [0.29, 0.717) is 34.8 Å². The minimum atomic E-state index is -1.08. The zero-order valence-electron chi connectivity index (χ0n) is 18.5. The van der Waals surface area contributed by atoms with Crippen molar-refractivity contribution < 1.29 is 19.4 Å². The molecule has 0 aliphatic heterocycles. The molecule has 0 saturated heterocycles. The molecule has 0 unspecified atom stereocenters. The van der Waals surface area contributed by atoms with E-state index in [9.17, 15) is 9.90 Å². The lowest BCUT2D eigenvalue weighted by Crippen LogP contribution is -2.18. The molecule has 0 spiro atoms. The maximum absolute atomic E-state index is 12.1. The van der Waals surface area contributed by atoms with E-state index in [0.717, 1.165) is 11.1 Å². The normalized spacial score (nSPS) is 10.5. The number of aromatic nitrogens is 2. The summed E-state index contributed by atoms with van der Waals surface area (Å²) in [5, 5.41) is 13.5. The van der Waals surface area contributed by atoms with Gasteiger partial charge in [0.1, 0.15) is 16.4 Å². The molecule has 2 aromatic carbocycles. The summed E-state index contributed by atoms with van der Waals surface area (Å²) in [6, 6.07) is 15.4. The Morgan fingerprint density at radius 2 is 1.75 bits per heavy atom. The molecule has 8 nitrogen and oxygen atoms in total. The second-order valence-electron chi connectivity index (χ2n) is 7.07. The van der Waals surface area contributed by atoms with E-state index < -0.39 is 5.97 Å². The minimum absolute atomic E-state index is 0.0528. The van der Waals surface area contributed by atoms with Gasteiger partial charge in [0, 0.05) is 26.4 Å². The Bertz CT molecular complexity index is 1080. The predicted octanol–water partition coefficient (Wildman–Crippen LogP) is 4.16. The first-order chi connectivity index (χ1) is 15.4. The third-order valence-corrected chi connectivity index (χ3v) is 5.65. The second-order valence-corrected chi connectivity index (χ2v) is 8.03. The molecule has 168 valence electrons. The molecule has 9 heteroatoms. The molecule has 32 heavy (non-hydrogen) atoms. The van der Waals surface area contributed by atoms with Crippen LogP contribution in [0.25, 0.3) is 0 Å². The van der Waals surface area contributed by atoms with Crippen molar-refractivity contribution >= 4 is 29.5 Å². The standard InChI is InChI=1S/C23H26N4O4S/c1-27(2)23-25-20(24-13-16-10-11-17(30-3)18(12-16)31-4)19(22(28)29)21(26-23)32-14-15-8-6-5-7-9-15/h5-12H,13-14H2,1-4H3,(H,28,29)(H,24,25,26). The third-order valence-electron chi connectivity index (χ3n) is 4.60. The largest absolute Gasteiger partial charge is 0.493 e. The zero-order valence-corrected chi connectivity index (χ0v) is 19.3. The summed E-state index contributed by atoms with van der Waals surface area (Å²) in [6.07, 6.45) is 0. The highest BCUT2D eigenvalue weighted by Crippen LogP contribution is 2.32. The quantitative estimate of drug-likeness (QED) is 0.346. The summed E-state index contributed by atoms with van der Waals surface area (Å²) in [7, 11) is 6.79. The van der Waals surface area contributed by atoms with Crippen LogP contribution in [0.4, 0.5) is 11.8 Å². The lowest BCUT2D eigenvalue weighted by Gasteiger charge is -2.17. The average Bonchev–Trinajstić information content (AvgIpc) is 2.81. The first-order valence-corrected chi connectivity index (χ1v) is 10.9. The molecule has 0 bridgehead atoms. The number of carboxylic acids is 1. The Balaban J connectivity index is 1.91. The molecule has 0 saturated carbocycles. The zero-order chi connectivity index (χ0) is 23.1. The topological polar surface area (TPSA) is 96.8 Å². The maximum atomic E-state index is 12.1. The van der Waals surface area contributed by atoms with Crippen molar-refractivity contribution in [2.75, 3.05) is 38.5 Å². The van der Waals surface area contributed by atoms with Gasteiger partial charge in [0.05, 0.1) is 14.2 Å². The molecular formula is C23H26N4O4S. The predicted molar refractivity (Wildman–Crippen MR) is 126 cm³/mol. The van der Waals surface area contributed by atoms with Crippen molar-refractivity contribution in [2.24, 2.45) is 0 Å². The number of carbonyl (C=O) groups is 1. The van der Waals surface area contributed by atoms with Crippen molar-refractivity contribution in [3.8, 4) is 11.5 Å². The van der Waals surface area contributed by atoms with Crippen LogP contribution in [0.2, 0.25) is 0 Å². The second kappa shape index (κ2) is 10.7. The number of anilines is 2. The number of rotatable bonds is 10. The number of nitrogens with zero attached hydrogens (tertiary/aromatic N) is 3. The van der Waals surface area contributed by atoms with Gasteiger partial charge in [-0.1, -0.05) is 36.4 Å². The van der Waals surface area contributed by atoms with Gasteiger partial charge in [0.15, 0.2) is 11.5 Å². The van der Waals surface area contributed by atoms with E-state index >= 15 is 0 Å². The Kier molecular flexibility index (Phi) is 7.77. The monoisotopic (exact) mass is 454 g/mol. The van der Waals surface area contributed by atoms with Crippen molar-refractivity contribution in [3.05, 3.63) is 65.2 Å². The van der Waals surface area contributed by atoms with Gasteiger partial charge in [-0.25, -0.2) is 9.78 Å². The molecule has 0 aliphatic carbocycles. The molecule has 0 amide bonds. The number of benzene rings is 2. The Morgan fingerprint density at radius 3 is 2.38 bits per heavy atom. The Morgan fingerprint density at radius 1 is 1.03 bits per heavy atom. The van der Waals surface area contributed by atoms with Gasteiger partial charge in [0.25, 0.3) is 0 Å². The van der Waals surface area contributed by atoms with Crippen LogP contribution in [0.3, 0.4) is 0 Å². The third kappa shape index (κ3) is 5.61. The number of hydrogen-bond donors (Lipinski definition) is 2. The van der Waals surface area contributed by atoms with Gasteiger partial charge in [0.2, 0.25) is 5.95 Å². The fraction of sp³-hybridized carbons (Fsp3) is 0.261. The molecule has 3 aromatic rings. The number of ether oxygens (including phenoxy) is 2. The average molecular weight is 455 g/mol. The number of thioether (sulfide) groups is 1. The Hall–Kier alpha value is -3.46. The van der Waals surface area contributed by atoms with Gasteiger partial charge in [-0.05, 0) is 23.3 Å². The van der Waals surface area contributed by atoms with Gasteiger partial charge in [-0.2, -0.15) is 4.98 Å². The SMILES string of the molecule is COc1ccc(CNc2nc(N(C)C)nc(SCc3ccccc3)c2C(=O)O)cc1OC. The van der Waals surface area contributed by atoms with Gasteiger partial charge in [-0.3, -0.25) is 0 Å². The van der Waals surface area contributed by atoms with Crippen molar-refractivity contribution in [1.82, 2.24) is 9.97 Å². The molecule has 1 aromatic heterocycles. The van der Waals surface area contributed by atoms with Crippen LogP contribution >= 0.6 is 11.8 Å². The van der Waals surface area contributed by atoms with E-state index in [1.54, 1.807) is 25.2 Å². The van der Waals surface area contributed by atoms with E-state index in [-0.39, 0.29) is 11.4 Å². The summed E-state index contributed by atoms with van der Waals surface area (Å²) < 4.78 is 10.6. The maximum Gasteiger partial charge on any atom is 0.342 e. The molecule has 1 heterocycles. The van der Waals surface area contributed by atoms with Crippen molar-refractivity contribution in [1.29, 1.82) is 0 Å². The van der Waals surface area contributed by atoms with E-state index in [2.05, 4.69) is 15.3 Å². The molecule has 0 radical (unpaired) electrons. The van der Waals surface area contributed by atoms with Crippen LogP contribution < -0.4 is 19.7 Å². The first-order valence-electron chi connectivity index (χ1n) is 9.87. The number of nitrogens with one attached hydrogen (secondary N) is 1. The molecule has 0 fully saturated rings. The van der Waals surface area contributed by atoms with Crippen molar-refractivity contribution in [2.45, 2.75) is 17.3 Å². The Labute approximate surface area is 191 Å². The first kappa shape index (κ1) is 23.2. The van der Waals surface area contributed by atoms with Gasteiger partial charge < -0.3 is 24.8 Å². The highest BCUT2D eigenvalue weighted by Gasteiger charge is 2.22. The van der Waals surface area contributed by atoms with Gasteiger partial charge in [-0.15, -0.1) is 11.8 Å². The smallest absolute Gasteiger partial charge is 0.342 e. The summed E-state index contributed by atoms with van der Waals surface area (Å²) in [6.45, 7) is 0.354. The number of hydrogen-bond acceptors (Lipinski definition) is 8. The fourth-order valence-corrected chi connectivity index (χ4v) is 3.93. The lowest BCUT2D eigenvalue weighted by atomic mass is 10.2. The highest BCUT2D eigenvalue weighted by atomic mass is 32.2. The summed E-state index contributed by atoms with van der Waals surface area (Å²) in [5.41, 5.74) is 2.03.